The van der Waals surface area contributed by atoms with E-state index >= 15 is 0 Å². The van der Waals surface area contributed by atoms with E-state index in [1.54, 1.807) is 7.05 Å². The summed E-state index contributed by atoms with van der Waals surface area (Å²) < 4.78 is 61.0. The van der Waals surface area contributed by atoms with Crippen molar-refractivity contribution in [2.45, 2.75) is 56.6 Å². The Morgan fingerprint density at radius 2 is 1.84 bits per heavy atom. The van der Waals surface area contributed by atoms with E-state index in [9.17, 15) is 21.6 Å². The Balaban J connectivity index is 0.00000312. The van der Waals surface area contributed by atoms with E-state index in [2.05, 4.69) is 22.5 Å². The van der Waals surface area contributed by atoms with Gasteiger partial charge in [-0.25, -0.2) is 8.42 Å². The van der Waals surface area contributed by atoms with Crippen molar-refractivity contribution in [3.63, 3.8) is 0 Å². The maximum Gasteiger partial charge on any atom is 0.511 e. The third kappa shape index (κ3) is 5.84. The molecule has 2 rings (SSSR count). The second-order valence-electron chi connectivity index (χ2n) is 6.38. The van der Waals surface area contributed by atoms with Crippen molar-refractivity contribution in [1.29, 1.82) is 0 Å². The molecule has 2 fully saturated rings. The molecule has 1 aliphatic heterocycles. The van der Waals surface area contributed by atoms with Crippen molar-refractivity contribution in [3.8, 4) is 0 Å². The number of halogens is 4. The number of aliphatic imine (C=N–C) groups is 1. The van der Waals surface area contributed by atoms with Crippen LogP contribution in [-0.4, -0.2) is 56.4 Å². The lowest BCUT2D eigenvalue weighted by Crippen LogP contribution is -2.52. The van der Waals surface area contributed by atoms with Crippen LogP contribution in [-0.2, 0) is 10.0 Å². The standard InChI is InChI=1S/C14H25F3N4O2S.HI/c1-3-4-10-9-12(10)20-13(18-2)19-11-5-7-21(8-6-11)24(22,23)14(15,16)17;/h10-12H,3-9H2,1-2H3,(H2,18,19,20);1H. The van der Waals surface area contributed by atoms with Crippen LogP contribution in [0.25, 0.3) is 0 Å². The number of sulfonamides is 1. The number of guanidine groups is 1. The van der Waals surface area contributed by atoms with Gasteiger partial charge in [-0.3, -0.25) is 4.99 Å². The van der Waals surface area contributed by atoms with Crippen molar-refractivity contribution in [2.75, 3.05) is 20.1 Å². The zero-order chi connectivity index (χ0) is 18.0. The molecule has 0 radical (unpaired) electrons. The Hall–Kier alpha value is -0.300. The fourth-order valence-electron chi connectivity index (χ4n) is 3.04. The van der Waals surface area contributed by atoms with Crippen LogP contribution in [0, 0.1) is 5.92 Å². The molecule has 148 valence electrons. The highest BCUT2D eigenvalue weighted by Gasteiger charge is 2.50. The van der Waals surface area contributed by atoms with Gasteiger partial charge in [0.25, 0.3) is 0 Å². The van der Waals surface area contributed by atoms with Crippen LogP contribution in [0.5, 0.6) is 0 Å². The minimum Gasteiger partial charge on any atom is -0.354 e. The monoisotopic (exact) mass is 498 g/mol. The van der Waals surface area contributed by atoms with Crippen molar-refractivity contribution in [1.82, 2.24) is 14.9 Å². The van der Waals surface area contributed by atoms with Gasteiger partial charge < -0.3 is 10.6 Å². The molecule has 0 bridgehead atoms. The minimum absolute atomic E-state index is 0. The third-order valence-electron chi connectivity index (χ3n) is 4.55. The molecule has 1 aliphatic carbocycles. The normalized spacial score (nSPS) is 26.0. The highest BCUT2D eigenvalue weighted by Crippen LogP contribution is 2.34. The first-order chi connectivity index (χ1) is 11.2. The maximum absolute atomic E-state index is 12.6. The van der Waals surface area contributed by atoms with E-state index in [0.717, 1.165) is 12.8 Å². The molecule has 6 nitrogen and oxygen atoms in total. The summed E-state index contributed by atoms with van der Waals surface area (Å²) in [6.45, 7) is 1.86. The topological polar surface area (TPSA) is 73.8 Å². The van der Waals surface area contributed by atoms with E-state index < -0.39 is 15.5 Å². The van der Waals surface area contributed by atoms with Crippen molar-refractivity contribution >= 4 is 40.0 Å². The molecular weight excluding hydrogens is 472 g/mol. The van der Waals surface area contributed by atoms with Gasteiger partial charge in [-0.15, -0.1) is 24.0 Å². The second kappa shape index (κ2) is 9.07. The summed E-state index contributed by atoms with van der Waals surface area (Å²) in [5.74, 6) is 1.29. The molecule has 1 heterocycles. The van der Waals surface area contributed by atoms with E-state index in [4.69, 9.17) is 0 Å². The van der Waals surface area contributed by atoms with Crippen LogP contribution in [0.15, 0.2) is 4.99 Å². The number of rotatable bonds is 5. The molecule has 0 aromatic carbocycles. The Morgan fingerprint density at radius 1 is 1.24 bits per heavy atom. The molecule has 25 heavy (non-hydrogen) atoms. The molecule has 1 saturated carbocycles. The first-order valence-electron chi connectivity index (χ1n) is 8.25. The Bertz CT molecular complexity index is 563. The molecular formula is C14H26F3IN4O2S. The molecule has 2 N–H and O–H groups in total. The second-order valence-corrected chi connectivity index (χ2v) is 8.31. The summed E-state index contributed by atoms with van der Waals surface area (Å²) in [4.78, 5) is 4.15. The smallest absolute Gasteiger partial charge is 0.354 e. The summed E-state index contributed by atoms with van der Waals surface area (Å²) in [6, 6.07) is 0.320. The zero-order valence-corrected chi connectivity index (χ0v) is 17.5. The number of hydrogen-bond acceptors (Lipinski definition) is 3. The van der Waals surface area contributed by atoms with Gasteiger partial charge in [-0.2, -0.15) is 17.5 Å². The fraction of sp³-hybridized carbons (Fsp3) is 0.929. The molecule has 2 unspecified atom stereocenters. The van der Waals surface area contributed by atoms with Gasteiger partial charge in [-0.1, -0.05) is 13.3 Å². The molecule has 11 heteroatoms. The summed E-state index contributed by atoms with van der Waals surface area (Å²) >= 11 is 0. The molecule has 0 aromatic rings. The molecule has 0 aromatic heterocycles. The number of hydrogen-bond donors (Lipinski definition) is 2. The van der Waals surface area contributed by atoms with Gasteiger partial charge in [0.15, 0.2) is 5.96 Å². The van der Waals surface area contributed by atoms with Crippen LogP contribution in [0.4, 0.5) is 13.2 Å². The lowest BCUT2D eigenvalue weighted by Gasteiger charge is -2.32. The average molecular weight is 498 g/mol. The molecule has 2 aliphatic rings. The highest BCUT2D eigenvalue weighted by molar-refractivity contribution is 14.0. The molecule has 0 spiro atoms. The zero-order valence-electron chi connectivity index (χ0n) is 14.3. The molecule has 0 amide bonds. The summed E-state index contributed by atoms with van der Waals surface area (Å²) in [5.41, 5.74) is -5.23. The first kappa shape index (κ1) is 22.7. The predicted octanol–water partition coefficient (Wildman–Crippen LogP) is 2.27. The van der Waals surface area contributed by atoms with E-state index in [-0.39, 0.29) is 43.1 Å². The average Bonchev–Trinajstić information content (AvgIpc) is 3.24. The van der Waals surface area contributed by atoms with Gasteiger partial charge in [-0.05, 0) is 31.6 Å². The molecule has 2 atom stereocenters. The largest absolute Gasteiger partial charge is 0.511 e. The predicted molar refractivity (Wildman–Crippen MR) is 101 cm³/mol. The van der Waals surface area contributed by atoms with Gasteiger partial charge in [0, 0.05) is 32.2 Å². The van der Waals surface area contributed by atoms with Gasteiger partial charge in [0.05, 0.1) is 0 Å². The first-order valence-corrected chi connectivity index (χ1v) is 9.69. The van der Waals surface area contributed by atoms with E-state index in [1.807, 2.05) is 0 Å². The van der Waals surface area contributed by atoms with Crippen LogP contribution < -0.4 is 10.6 Å². The van der Waals surface area contributed by atoms with Gasteiger partial charge >= 0.3 is 15.5 Å². The highest BCUT2D eigenvalue weighted by atomic mass is 127. The van der Waals surface area contributed by atoms with Crippen molar-refractivity contribution in [3.05, 3.63) is 0 Å². The minimum atomic E-state index is -5.23. The van der Waals surface area contributed by atoms with Crippen LogP contribution in [0.1, 0.15) is 39.0 Å². The maximum atomic E-state index is 12.6. The lowest BCUT2D eigenvalue weighted by atomic mass is 10.1. The lowest BCUT2D eigenvalue weighted by molar-refractivity contribution is -0.0494. The Morgan fingerprint density at radius 3 is 2.32 bits per heavy atom. The Labute approximate surface area is 164 Å². The number of piperidine rings is 1. The number of nitrogens with zero attached hydrogens (tertiary/aromatic N) is 2. The van der Waals surface area contributed by atoms with Crippen LogP contribution >= 0.6 is 24.0 Å². The Kier molecular flexibility index (Phi) is 8.25. The summed E-state index contributed by atoms with van der Waals surface area (Å²) in [6.07, 6.45) is 4.05. The summed E-state index contributed by atoms with van der Waals surface area (Å²) in [7, 11) is -3.57. The van der Waals surface area contributed by atoms with E-state index in [1.165, 1.54) is 6.42 Å². The van der Waals surface area contributed by atoms with Gasteiger partial charge in [0.2, 0.25) is 0 Å². The van der Waals surface area contributed by atoms with Crippen molar-refractivity contribution in [2.24, 2.45) is 10.9 Å². The molecule has 1 saturated heterocycles. The number of nitrogens with one attached hydrogen (secondary N) is 2. The quantitative estimate of drug-likeness (QED) is 0.347. The fourth-order valence-corrected chi connectivity index (χ4v) is 4.03. The number of alkyl halides is 3. The third-order valence-corrected chi connectivity index (χ3v) is 6.18. The van der Waals surface area contributed by atoms with Crippen LogP contribution in [0.2, 0.25) is 0 Å². The van der Waals surface area contributed by atoms with Gasteiger partial charge in [0.1, 0.15) is 0 Å². The van der Waals surface area contributed by atoms with Crippen LogP contribution in [0.3, 0.4) is 0 Å². The van der Waals surface area contributed by atoms with E-state index in [0.29, 0.717) is 35.1 Å². The summed E-state index contributed by atoms with van der Waals surface area (Å²) in [5, 5.41) is 6.50. The van der Waals surface area contributed by atoms with Crippen molar-refractivity contribution < 1.29 is 21.6 Å². The SMILES string of the molecule is CCCC1CC1NC(=NC)NC1CCN(S(=O)(=O)C(F)(F)F)CC1.I.